The van der Waals surface area contributed by atoms with Crippen LogP contribution in [0.3, 0.4) is 0 Å². The van der Waals surface area contributed by atoms with Gasteiger partial charge in [-0.15, -0.1) is 5.92 Å². The molecule has 1 N–H and O–H groups in total. The third-order valence-corrected chi connectivity index (χ3v) is 2.56. The molecule has 0 atom stereocenters. The van der Waals surface area contributed by atoms with Gasteiger partial charge in [0.05, 0.1) is 5.69 Å². The Morgan fingerprint density at radius 3 is 2.73 bits per heavy atom. The van der Waals surface area contributed by atoms with Crippen molar-refractivity contribution in [1.29, 1.82) is 0 Å². The Morgan fingerprint density at radius 2 is 2.13 bits per heavy atom. The van der Waals surface area contributed by atoms with Crippen LogP contribution in [-0.2, 0) is 13.0 Å². The molecule has 3 heteroatoms. The van der Waals surface area contributed by atoms with Crippen LogP contribution in [-0.4, -0.2) is 23.4 Å². The summed E-state index contributed by atoms with van der Waals surface area (Å²) in [6.45, 7) is 7.72. The number of nitrogens with one attached hydrogen (secondary N) is 1. The molecule has 82 valence electrons. The predicted molar refractivity (Wildman–Crippen MR) is 62.8 cm³/mol. The van der Waals surface area contributed by atoms with Gasteiger partial charge in [-0.2, -0.15) is 5.10 Å². The molecular formula is C12H19N3. The summed E-state index contributed by atoms with van der Waals surface area (Å²) in [5.41, 5.74) is 3.72. The maximum atomic E-state index is 4.49. The van der Waals surface area contributed by atoms with Crippen molar-refractivity contribution in [2.45, 2.75) is 33.7 Å². The lowest BCUT2D eigenvalue weighted by Crippen LogP contribution is -2.11. The van der Waals surface area contributed by atoms with E-state index in [1.807, 2.05) is 18.7 Å². The second-order valence-corrected chi connectivity index (χ2v) is 3.59. The Kier molecular flexibility index (Phi) is 4.38. The zero-order valence-corrected chi connectivity index (χ0v) is 10.0. The van der Waals surface area contributed by atoms with Crippen LogP contribution in [0.4, 0.5) is 0 Å². The van der Waals surface area contributed by atoms with Crippen LogP contribution in [0.5, 0.6) is 0 Å². The molecule has 1 heterocycles. The van der Waals surface area contributed by atoms with Gasteiger partial charge in [-0.1, -0.05) is 5.92 Å². The van der Waals surface area contributed by atoms with Crippen LogP contribution in [0.2, 0.25) is 0 Å². The van der Waals surface area contributed by atoms with Crippen molar-refractivity contribution in [2.24, 2.45) is 0 Å². The van der Waals surface area contributed by atoms with Gasteiger partial charge < -0.3 is 5.32 Å². The molecule has 3 nitrogen and oxygen atoms in total. The minimum atomic E-state index is 0.697. The van der Waals surface area contributed by atoms with Gasteiger partial charge in [-0.3, -0.25) is 4.68 Å². The molecule has 0 bridgehead atoms. The zero-order valence-electron chi connectivity index (χ0n) is 10.0. The molecule has 1 aromatic heterocycles. The molecule has 0 radical (unpaired) electrons. The van der Waals surface area contributed by atoms with Gasteiger partial charge in [0.25, 0.3) is 0 Å². The molecule has 1 aromatic rings. The number of hydrogen-bond donors (Lipinski definition) is 1. The van der Waals surface area contributed by atoms with Crippen LogP contribution in [0.15, 0.2) is 0 Å². The molecule has 0 amide bonds. The molecule has 0 unspecified atom stereocenters. The number of aromatic nitrogens is 2. The summed E-state index contributed by atoms with van der Waals surface area (Å²) in [4.78, 5) is 0. The van der Waals surface area contributed by atoms with Crippen LogP contribution < -0.4 is 5.32 Å². The van der Waals surface area contributed by atoms with Crippen molar-refractivity contribution in [2.75, 3.05) is 13.6 Å². The highest BCUT2D eigenvalue weighted by molar-refractivity contribution is 5.25. The Balaban J connectivity index is 2.86. The lowest BCUT2D eigenvalue weighted by molar-refractivity contribution is 0.682. The van der Waals surface area contributed by atoms with E-state index < -0.39 is 0 Å². The highest BCUT2D eigenvalue weighted by Crippen LogP contribution is 2.12. The lowest BCUT2D eigenvalue weighted by atomic mass is 10.1. The summed E-state index contributed by atoms with van der Waals surface area (Å²) in [5.74, 6) is 5.93. The monoisotopic (exact) mass is 205 g/mol. The van der Waals surface area contributed by atoms with Crippen molar-refractivity contribution in [3.8, 4) is 11.8 Å². The van der Waals surface area contributed by atoms with E-state index in [0.29, 0.717) is 6.54 Å². The topological polar surface area (TPSA) is 29.9 Å². The molecule has 0 aliphatic carbocycles. The van der Waals surface area contributed by atoms with Gasteiger partial charge in [0.15, 0.2) is 0 Å². The molecule has 0 saturated heterocycles. The SMILES string of the molecule is CC#CCn1nc(C)c(CCNC)c1C. The van der Waals surface area contributed by atoms with E-state index in [4.69, 9.17) is 0 Å². The number of nitrogens with zero attached hydrogens (tertiary/aromatic N) is 2. The van der Waals surface area contributed by atoms with Gasteiger partial charge >= 0.3 is 0 Å². The van der Waals surface area contributed by atoms with E-state index >= 15 is 0 Å². The Morgan fingerprint density at radius 1 is 1.40 bits per heavy atom. The first-order valence-corrected chi connectivity index (χ1v) is 5.27. The van der Waals surface area contributed by atoms with Gasteiger partial charge in [0.1, 0.15) is 6.54 Å². The summed E-state index contributed by atoms with van der Waals surface area (Å²) in [7, 11) is 1.97. The number of hydrogen-bond acceptors (Lipinski definition) is 2. The van der Waals surface area contributed by atoms with Crippen LogP contribution >= 0.6 is 0 Å². The van der Waals surface area contributed by atoms with Gasteiger partial charge in [-0.05, 0) is 46.3 Å². The highest BCUT2D eigenvalue weighted by Gasteiger charge is 2.09. The number of likely N-dealkylation sites (N-methyl/N-ethyl adjacent to an activating group) is 1. The van der Waals surface area contributed by atoms with E-state index in [2.05, 4.69) is 36.1 Å². The second kappa shape index (κ2) is 5.57. The zero-order chi connectivity index (χ0) is 11.3. The first kappa shape index (κ1) is 11.8. The molecule has 0 fully saturated rings. The van der Waals surface area contributed by atoms with E-state index in [9.17, 15) is 0 Å². The average Bonchev–Trinajstić information content (AvgIpc) is 2.49. The molecule has 0 aliphatic rings. The van der Waals surface area contributed by atoms with E-state index in [1.54, 1.807) is 0 Å². The fourth-order valence-electron chi connectivity index (χ4n) is 1.65. The van der Waals surface area contributed by atoms with E-state index in [-0.39, 0.29) is 0 Å². The molecule has 15 heavy (non-hydrogen) atoms. The Hall–Kier alpha value is -1.27. The normalized spacial score (nSPS) is 9.87. The first-order valence-electron chi connectivity index (χ1n) is 5.27. The minimum absolute atomic E-state index is 0.697. The van der Waals surface area contributed by atoms with Crippen LogP contribution in [0.1, 0.15) is 23.9 Å². The average molecular weight is 205 g/mol. The highest BCUT2D eigenvalue weighted by atomic mass is 15.3. The van der Waals surface area contributed by atoms with E-state index in [0.717, 1.165) is 18.7 Å². The summed E-state index contributed by atoms with van der Waals surface area (Å²) in [6.07, 6.45) is 1.04. The third kappa shape index (κ3) is 2.84. The van der Waals surface area contributed by atoms with Crippen molar-refractivity contribution >= 4 is 0 Å². The summed E-state index contributed by atoms with van der Waals surface area (Å²) < 4.78 is 1.98. The molecule has 0 aromatic carbocycles. The number of rotatable bonds is 4. The van der Waals surface area contributed by atoms with Crippen LogP contribution in [0, 0.1) is 25.7 Å². The maximum Gasteiger partial charge on any atom is 0.102 e. The van der Waals surface area contributed by atoms with E-state index in [1.165, 1.54) is 11.3 Å². The standard InChI is InChI=1S/C12H19N3/c1-5-6-9-15-11(3)12(7-8-13-4)10(2)14-15/h13H,7-9H2,1-4H3. The third-order valence-electron chi connectivity index (χ3n) is 2.56. The summed E-state index contributed by atoms with van der Waals surface area (Å²) in [6, 6.07) is 0. The molecule has 0 spiro atoms. The van der Waals surface area contributed by atoms with Gasteiger partial charge in [0.2, 0.25) is 0 Å². The van der Waals surface area contributed by atoms with Crippen molar-refractivity contribution < 1.29 is 0 Å². The second-order valence-electron chi connectivity index (χ2n) is 3.59. The Bertz CT molecular complexity index is 380. The molecule has 1 rings (SSSR count). The molecule has 0 saturated carbocycles. The quantitative estimate of drug-likeness (QED) is 0.751. The smallest absolute Gasteiger partial charge is 0.102 e. The molecular weight excluding hydrogens is 186 g/mol. The van der Waals surface area contributed by atoms with Crippen LogP contribution in [0.25, 0.3) is 0 Å². The van der Waals surface area contributed by atoms with Gasteiger partial charge in [0, 0.05) is 5.69 Å². The fraction of sp³-hybridized carbons (Fsp3) is 0.583. The molecule has 0 aliphatic heterocycles. The summed E-state index contributed by atoms with van der Waals surface area (Å²) in [5, 5.41) is 7.65. The van der Waals surface area contributed by atoms with Crippen molar-refractivity contribution in [3.05, 3.63) is 17.0 Å². The maximum absolute atomic E-state index is 4.49. The first-order chi connectivity index (χ1) is 7.20. The minimum Gasteiger partial charge on any atom is -0.319 e. The largest absolute Gasteiger partial charge is 0.319 e. The summed E-state index contributed by atoms with van der Waals surface area (Å²) >= 11 is 0. The Labute approximate surface area is 91.9 Å². The number of aryl methyl sites for hydroxylation is 1. The van der Waals surface area contributed by atoms with Crippen molar-refractivity contribution in [3.63, 3.8) is 0 Å². The predicted octanol–water partition coefficient (Wildman–Crippen LogP) is 1.29. The van der Waals surface area contributed by atoms with Gasteiger partial charge in [-0.25, -0.2) is 0 Å². The van der Waals surface area contributed by atoms with Crippen molar-refractivity contribution in [1.82, 2.24) is 15.1 Å². The fourth-order valence-corrected chi connectivity index (χ4v) is 1.65. The lowest BCUT2D eigenvalue weighted by Gasteiger charge is -2.01.